The molecule has 1 aromatic carbocycles. The summed E-state index contributed by atoms with van der Waals surface area (Å²) in [6.07, 6.45) is 0.980. The fourth-order valence-electron chi connectivity index (χ4n) is 3.21. The maximum absolute atomic E-state index is 12.5. The van der Waals surface area contributed by atoms with E-state index in [-0.39, 0.29) is 22.9 Å². The van der Waals surface area contributed by atoms with Crippen LogP contribution in [0.15, 0.2) is 24.3 Å². The Morgan fingerprint density at radius 3 is 2.17 bits per heavy atom. The van der Waals surface area contributed by atoms with Crippen molar-refractivity contribution in [3.8, 4) is 0 Å². The predicted octanol–water partition coefficient (Wildman–Crippen LogP) is 3.05. The zero-order chi connectivity index (χ0) is 17.4. The molecule has 0 N–H and O–H groups in total. The maximum atomic E-state index is 12.5. The van der Waals surface area contributed by atoms with Crippen molar-refractivity contribution >= 4 is 17.5 Å². The first kappa shape index (κ1) is 17.1. The third-order valence-electron chi connectivity index (χ3n) is 4.42. The fraction of sp³-hybridized carbons (Fsp3) is 0.529. The Morgan fingerprint density at radius 2 is 1.78 bits per heavy atom. The van der Waals surface area contributed by atoms with Gasteiger partial charge in [0, 0.05) is 30.5 Å². The molecule has 1 aromatic rings. The Bertz CT molecular complexity index is 647. The molecule has 0 spiro atoms. The van der Waals surface area contributed by atoms with Crippen LogP contribution in [0.5, 0.6) is 0 Å². The van der Waals surface area contributed by atoms with Crippen LogP contribution in [0.2, 0.25) is 0 Å². The van der Waals surface area contributed by atoms with Gasteiger partial charge in [-0.3, -0.25) is 24.6 Å². The van der Waals surface area contributed by atoms with Crippen LogP contribution in [0, 0.1) is 15.5 Å². The molecule has 0 unspecified atom stereocenters. The van der Waals surface area contributed by atoms with E-state index in [2.05, 4.69) is 0 Å². The third kappa shape index (κ3) is 3.41. The Labute approximate surface area is 135 Å². The van der Waals surface area contributed by atoms with Gasteiger partial charge in [-0.15, -0.1) is 0 Å². The molecule has 0 aliphatic carbocycles. The molecular weight excluding hydrogens is 296 g/mol. The number of nitrogens with zero attached hydrogens (tertiary/aromatic N) is 2. The molecule has 6 heteroatoms. The van der Waals surface area contributed by atoms with Crippen molar-refractivity contribution in [1.82, 2.24) is 4.90 Å². The first-order valence-corrected chi connectivity index (χ1v) is 7.64. The van der Waals surface area contributed by atoms with E-state index in [0.29, 0.717) is 19.4 Å². The molecule has 0 bridgehead atoms. The number of rotatable bonds is 5. The number of carbonyl (C=O) groups excluding carboxylic acids is 2. The lowest BCUT2D eigenvalue weighted by Crippen LogP contribution is -2.53. The van der Waals surface area contributed by atoms with Gasteiger partial charge in [0.25, 0.3) is 5.69 Å². The minimum absolute atomic E-state index is 0.0473. The molecule has 1 aliphatic rings. The number of benzene rings is 1. The fourth-order valence-corrected chi connectivity index (χ4v) is 3.21. The molecule has 0 atom stereocenters. The zero-order valence-corrected chi connectivity index (χ0v) is 14.0. The highest BCUT2D eigenvalue weighted by atomic mass is 16.6. The second-order valence-electron chi connectivity index (χ2n) is 7.35. The highest BCUT2D eigenvalue weighted by Crippen LogP contribution is 2.39. The number of β-lactam (4-membered cyclic amide) rings is 1. The van der Waals surface area contributed by atoms with Gasteiger partial charge in [0.05, 0.1) is 4.92 Å². The second kappa shape index (κ2) is 5.76. The first-order chi connectivity index (χ1) is 10.5. The van der Waals surface area contributed by atoms with Gasteiger partial charge in [-0.2, -0.15) is 0 Å². The topological polar surface area (TPSA) is 80.5 Å². The van der Waals surface area contributed by atoms with E-state index in [0.717, 1.165) is 5.56 Å². The molecule has 0 aromatic heterocycles. The van der Waals surface area contributed by atoms with Crippen molar-refractivity contribution in [2.75, 3.05) is 6.54 Å². The molecule has 124 valence electrons. The quantitative estimate of drug-likeness (QED) is 0.475. The molecule has 0 saturated carbocycles. The maximum Gasteiger partial charge on any atom is 0.269 e. The number of hydrogen-bond acceptors (Lipinski definition) is 4. The molecule has 2 rings (SSSR count). The van der Waals surface area contributed by atoms with Crippen molar-refractivity contribution in [3.05, 3.63) is 39.9 Å². The molecule has 23 heavy (non-hydrogen) atoms. The predicted molar refractivity (Wildman–Crippen MR) is 85.9 cm³/mol. The number of nitro groups is 1. The Balaban J connectivity index is 2.17. The van der Waals surface area contributed by atoms with E-state index in [1.807, 2.05) is 27.7 Å². The SMILES string of the molecule is CC(C)(CC(C)(C)c1ccc([N+](=O)[O-])cc1)C(=O)N1CCC1=O. The summed E-state index contributed by atoms with van der Waals surface area (Å²) in [5.74, 6) is -0.264. The van der Waals surface area contributed by atoms with Gasteiger partial charge in [0.1, 0.15) is 0 Å². The summed E-state index contributed by atoms with van der Waals surface area (Å²) in [6, 6.07) is 6.41. The minimum atomic E-state index is -0.679. The first-order valence-electron chi connectivity index (χ1n) is 7.64. The van der Waals surface area contributed by atoms with Crippen LogP contribution in [0.25, 0.3) is 0 Å². The van der Waals surface area contributed by atoms with Crippen LogP contribution >= 0.6 is 0 Å². The summed E-state index contributed by atoms with van der Waals surface area (Å²) in [7, 11) is 0. The Kier molecular flexibility index (Phi) is 4.28. The van der Waals surface area contributed by atoms with Gasteiger partial charge in [-0.05, 0) is 17.4 Å². The van der Waals surface area contributed by atoms with Crippen molar-refractivity contribution in [2.45, 2.75) is 46.0 Å². The molecule has 2 amide bonds. The van der Waals surface area contributed by atoms with Crippen LogP contribution < -0.4 is 0 Å². The lowest BCUT2D eigenvalue weighted by molar-refractivity contribution is -0.384. The van der Waals surface area contributed by atoms with Gasteiger partial charge in [0.2, 0.25) is 11.8 Å². The lowest BCUT2D eigenvalue weighted by Gasteiger charge is -2.39. The number of non-ortho nitro benzene ring substituents is 1. The number of likely N-dealkylation sites (tertiary alicyclic amines) is 1. The van der Waals surface area contributed by atoms with Crippen molar-refractivity contribution in [1.29, 1.82) is 0 Å². The molecule has 0 radical (unpaired) electrons. The highest BCUT2D eigenvalue weighted by molar-refractivity contribution is 6.01. The smallest absolute Gasteiger partial charge is 0.269 e. The normalized spacial score (nSPS) is 15.3. The number of nitro benzene ring substituents is 1. The van der Waals surface area contributed by atoms with Crippen molar-refractivity contribution in [2.24, 2.45) is 5.41 Å². The second-order valence-corrected chi connectivity index (χ2v) is 7.35. The summed E-state index contributed by atoms with van der Waals surface area (Å²) < 4.78 is 0. The van der Waals surface area contributed by atoms with E-state index in [1.165, 1.54) is 17.0 Å². The standard InChI is InChI=1S/C17H22N2O4/c1-16(2,12-5-7-13(8-6-12)19(22)23)11-17(3,4)15(21)18-10-9-14(18)20/h5-8H,9-11H2,1-4H3. The summed E-state index contributed by atoms with van der Waals surface area (Å²) >= 11 is 0. The highest BCUT2D eigenvalue weighted by Gasteiger charge is 2.42. The largest absolute Gasteiger partial charge is 0.282 e. The average molecular weight is 318 g/mol. The summed E-state index contributed by atoms with van der Waals surface area (Å²) in [5.41, 5.74) is -0.0474. The van der Waals surface area contributed by atoms with E-state index < -0.39 is 10.3 Å². The van der Waals surface area contributed by atoms with E-state index >= 15 is 0 Å². The molecule has 1 fully saturated rings. The number of hydrogen-bond donors (Lipinski definition) is 0. The molecule has 1 heterocycles. The summed E-state index contributed by atoms with van der Waals surface area (Å²) in [4.78, 5) is 35.7. The minimum Gasteiger partial charge on any atom is -0.282 e. The zero-order valence-electron chi connectivity index (χ0n) is 14.0. The van der Waals surface area contributed by atoms with Crippen LogP contribution in [-0.2, 0) is 15.0 Å². The third-order valence-corrected chi connectivity index (χ3v) is 4.42. The monoisotopic (exact) mass is 318 g/mol. The Hall–Kier alpha value is -2.24. The van der Waals surface area contributed by atoms with Crippen LogP contribution in [0.3, 0.4) is 0 Å². The van der Waals surface area contributed by atoms with Gasteiger partial charge < -0.3 is 0 Å². The molecule has 1 saturated heterocycles. The van der Waals surface area contributed by atoms with Crippen LogP contribution in [-0.4, -0.2) is 28.2 Å². The van der Waals surface area contributed by atoms with Crippen LogP contribution in [0.4, 0.5) is 5.69 Å². The van der Waals surface area contributed by atoms with E-state index in [4.69, 9.17) is 0 Å². The number of carbonyl (C=O) groups is 2. The van der Waals surface area contributed by atoms with E-state index in [1.54, 1.807) is 12.1 Å². The Morgan fingerprint density at radius 1 is 1.22 bits per heavy atom. The van der Waals surface area contributed by atoms with Crippen LogP contribution in [0.1, 0.15) is 46.1 Å². The molecule has 6 nitrogen and oxygen atoms in total. The lowest BCUT2D eigenvalue weighted by atomic mass is 9.70. The molecular formula is C17H22N2O4. The van der Waals surface area contributed by atoms with Gasteiger partial charge in [-0.25, -0.2) is 0 Å². The number of imide groups is 1. The molecule has 1 aliphatic heterocycles. The van der Waals surface area contributed by atoms with E-state index in [9.17, 15) is 19.7 Å². The summed E-state index contributed by atoms with van der Waals surface area (Å²) in [6.45, 7) is 8.18. The van der Waals surface area contributed by atoms with Crippen molar-refractivity contribution in [3.63, 3.8) is 0 Å². The average Bonchev–Trinajstić information content (AvgIpc) is 2.44. The van der Waals surface area contributed by atoms with Gasteiger partial charge >= 0.3 is 0 Å². The summed E-state index contributed by atoms with van der Waals surface area (Å²) in [5, 5.41) is 10.7. The van der Waals surface area contributed by atoms with Gasteiger partial charge in [0.15, 0.2) is 0 Å². The number of amides is 2. The van der Waals surface area contributed by atoms with Crippen molar-refractivity contribution < 1.29 is 14.5 Å². The van der Waals surface area contributed by atoms with Gasteiger partial charge in [-0.1, -0.05) is 39.8 Å².